The van der Waals surface area contributed by atoms with Crippen LogP contribution in [0.2, 0.25) is 0 Å². The van der Waals surface area contributed by atoms with Crippen LogP contribution < -0.4 is 0 Å². The van der Waals surface area contributed by atoms with Crippen LogP contribution in [0.3, 0.4) is 0 Å². The highest BCUT2D eigenvalue weighted by molar-refractivity contribution is 7.47. The molecule has 0 aliphatic carbocycles. The van der Waals surface area contributed by atoms with Crippen molar-refractivity contribution in [2.24, 2.45) is 0 Å². The number of esters is 2. The molecule has 400 valence electrons. The molecule has 10 heteroatoms. The van der Waals surface area contributed by atoms with Gasteiger partial charge in [0, 0.05) is 12.8 Å². The fourth-order valence-electron chi connectivity index (χ4n) is 7.02. The topological polar surface area (TPSA) is 108 Å². The molecule has 1 N–H and O–H groups in total. The summed E-state index contributed by atoms with van der Waals surface area (Å²) in [6.07, 6.45) is 70.0. The van der Waals surface area contributed by atoms with Crippen molar-refractivity contribution < 1.29 is 42.1 Å². The SMILES string of the molecule is CC/C=C\C/C=C\C/C=C\C/C=C\C/C=C\C/C=C\C/C=C\C/C=C\CCCCCCCCC(=O)OC(COC(=O)CCCCCCC/C=C\CCCCCCCC)COP(=O)(O)OCC[N+](C)(C)C. The highest BCUT2D eigenvalue weighted by atomic mass is 31.2. The summed E-state index contributed by atoms with van der Waals surface area (Å²) in [6, 6.07) is 0. The van der Waals surface area contributed by atoms with Gasteiger partial charge in [0.25, 0.3) is 0 Å². The van der Waals surface area contributed by atoms with Gasteiger partial charge in [0.05, 0.1) is 27.7 Å². The molecule has 2 atom stereocenters. The van der Waals surface area contributed by atoms with Gasteiger partial charge in [-0.3, -0.25) is 18.6 Å². The molecule has 0 aromatic carbocycles. The van der Waals surface area contributed by atoms with E-state index in [-0.39, 0.29) is 32.0 Å². The van der Waals surface area contributed by atoms with Gasteiger partial charge in [-0.25, -0.2) is 4.57 Å². The van der Waals surface area contributed by atoms with Crippen molar-refractivity contribution in [3.05, 3.63) is 109 Å². The number of hydrogen-bond donors (Lipinski definition) is 1. The number of phosphoric acid groups is 1. The van der Waals surface area contributed by atoms with Crippen molar-refractivity contribution in [3.63, 3.8) is 0 Å². The number of likely N-dealkylation sites (N-methyl/N-ethyl adjacent to an activating group) is 1. The third-order valence-electron chi connectivity index (χ3n) is 11.3. The molecule has 0 aliphatic rings. The van der Waals surface area contributed by atoms with Gasteiger partial charge in [-0.1, -0.05) is 200 Å². The van der Waals surface area contributed by atoms with E-state index in [0.29, 0.717) is 17.4 Å². The number of ether oxygens (including phenoxy) is 2. The van der Waals surface area contributed by atoms with E-state index in [1.54, 1.807) is 0 Å². The molecular formula is C60H103NO8P+. The maximum atomic E-state index is 12.8. The quantitative estimate of drug-likeness (QED) is 0.0211. The smallest absolute Gasteiger partial charge is 0.462 e. The monoisotopic (exact) mass is 997 g/mol. The molecule has 0 aliphatic heterocycles. The van der Waals surface area contributed by atoms with E-state index in [0.717, 1.165) is 128 Å². The third-order valence-corrected chi connectivity index (χ3v) is 12.3. The molecule has 0 heterocycles. The van der Waals surface area contributed by atoms with Gasteiger partial charge in [0.2, 0.25) is 0 Å². The van der Waals surface area contributed by atoms with E-state index < -0.39 is 26.5 Å². The van der Waals surface area contributed by atoms with Crippen LogP contribution in [0.5, 0.6) is 0 Å². The van der Waals surface area contributed by atoms with Crippen LogP contribution >= 0.6 is 7.82 Å². The summed E-state index contributed by atoms with van der Waals surface area (Å²) in [6.45, 7) is 4.27. The Kier molecular flexibility index (Phi) is 48.2. The normalized spacial score (nSPS) is 14.2. The number of rotatable bonds is 49. The zero-order chi connectivity index (χ0) is 51.3. The molecule has 0 aromatic heterocycles. The second kappa shape index (κ2) is 50.6. The number of quaternary nitrogens is 1. The zero-order valence-corrected chi connectivity index (χ0v) is 46.1. The van der Waals surface area contributed by atoms with Crippen molar-refractivity contribution >= 4 is 19.8 Å². The van der Waals surface area contributed by atoms with Crippen molar-refractivity contribution in [2.45, 2.75) is 213 Å². The summed E-state index contributed by atoms with van der Waals surface area (Å²) >= 11 is 0. The molecular weight excluding hydrogens is 894 g/mol. The minimum absolute atomic E-state index is 0.0216. The molecule has 0 bridgehead atoms. The molecule has 0 saturated heterocycles. The van der Waals surface area contributed by atoms with Crippen molar-refractivity contribution in [1.29, 1.82) is 0 Å². The van der Waals surface area contributed by atoms with Crippen LogP contribution in [0.4, 0.5) is 0 Å². The van der Waals surface area contributed by atoms with Crippen molar-refractivity contribution in [3.8, 4) is 0 Å². The Morgan fingerprint density at radius 1 is 0.457 bits per heavy atom. The molecule has 0 amide bonds. The standard InChI is InChI=1S/C60H102NO8P/c1-6-8-10-12-14-16-18-20-22-23-24-25-26-27-28-29-30-31-32-33-34-35-36-37-39-41-43-45-47-49-51-53-60(63)69-58(57-68-70(64,65)67-55-54-61(3,4)5)56-66-59(62)52-50-48-46-44-42-40-38-21-19-17-15-13-11-9-7-2/h8,10,14,16,20-22,24-25,27-28,30-31,33-34,36-38,58H,6-7,9,11-13,15,17-19,23,26,29,32,35,39-57H2,1-5H3/p+1/b10-8-,16-14-,22-20-,25-24-,28-27-,31-30-,34-33-,37-36-,38-21-. The van der Waals surface area contributed by atoms with Gasteiger partial charge in [-0.05, 0) is 103 Å². The Bertz CT molecular complexity index is 1550. The van der Waals surface area contributed by atoms with Crippen LogP contribution in [0, 0.1) is 0 Å². The molecule has 0 rings (SSSR count). The fourth-order valence-corrected chi connectivity index (χ4v) is 7.77. The number of hydrogen-bond acceptors (Lipinski definition) is 7. The number of allylic oxidation sites excluding steroid dienone is 18. The Hall–Kier alpha value is -3.33. The molecule has 0 radical (unpaired) electrons. The first-order valence-corrected chi connectivity index (χ1v) is 29.1. The molecule has 9 nitrogen and oxygen atoms in total. The van der Waals surface area contributed by atoms with Crippen LogP contribution in [0.1, 0.15) is 206 Å². The maximum absolute atomic E-state index is 12.8. The number of nitrogens with zero attached hydrogens (tertiary/aromatic N) is 1. The summed E-state index contributed by atoms with van der Waals surface area (Å²) < 4.78 is 34.5. The summed E-state index contributed by atoms with van der Waals surface area (Å²) in [7, 11) is 1.45. The largest absolute Gasteiger partial charge is 0.472 e. The molecule has 0 spiro atoms. The summed E-state index contributed by atoms with van der Waals surface area (Å²) in [5.41, 5.74) is 0. The average Bonchev–Trinajstić information content (AvgIpc) is 3.32. The molecule has 0 saturated carbocycles. The van der Waals surface area contributed by atoms with Crippen molar-refractivity contribution in [2.75, 3.05) is 47.5 Å². The number of carbonyl (C=O) groups excluding carboxylic acids is 2. The number of unbranched alkanes of at least 4 members (excludes halogenated alkanes) is 17. The van der Waals surface area contributed by atoms with Crippen LogP contribution in [-0.2, 0) is 32.7 Å². The van der Waals surface area contributed by atoms with E-state index >= 15 is 0 Å². The highest BCUT2D eigenvalue weighted by Gasteiger charge is 2.27. The average molecular weight is 997 g/mol. The second-order valence-electron chi connectivity index (χ2n) is 19.2. The molecule has 70 heavy (non-hydrogen) atoms. The van der Waals surface area contributed by atoms with E-state index in [9.17, 15) is 19.0 Å². The molecule has 0 aromatic rings. The Labute approximate surface area is 429 Å². The van der Waals surface area contributed by atoms with E-state index in [2.05, 4.69) is 123 Å². The lowest BCUT2D eigenvalue weighted by atomic mass is 10.1. The lowest BCUT2D eigenvalue weighted by molar-refractivity contribution is -0.870. The van der Waals surface area contributed by atoms with Gasteiger partial charge in [0.1, 0.15) is 19.8 Å². The maximum Gasteiger partial charge on any atom is 0.472 e. The summed E-state index contributed by atoms with van der Waals surface area (Å²) in [4.78, 5) is 35.6. The summed E-state index contributed by atoms with van der Waals surface area (Å²) in [5.74, 6) is -0.831. The van der Waals surface area contributed by atoms with Gasteiger partial charge in [-0.15, -0.1) is 0 Å². The highest BCUT2D eigenvalue weighted by Crippen LogP contribution is 2.43. The van der Waals surface area contributed by atoms with Gasteiger partial charge in [-0.2, -0.15) is 0 Å². The first-order chi connectivity index (χ1) is 34.0. The second-order valence-corrected chi connectivity index (χ2v) is 20.7. The molecule has 0 fully saturated rings. The van der Waals surface area contributed by atoms with E-state index in [4.69, 9.17) is 18.5 Å². The van der Waals surface area contributed by atoms with Gasteiger partial charge in [0.15, 0.2) is 6.10 Å². The van der Waals surface area contributed by atoms with E-state index in [1.165, 1.54) is 44.9 Å². The van der Waals surface area contributed by atoms with Crippen molar-refractivity contribution in [1.82, 2.24) is 0 Å². The Morgan fingerprint density at radius 2 is 0.814 bits per heavy atom. The van der Waals surface area contributed by atoms with E-state index in [1.807, 2.05) is 21.1 Å². The number of carbonyl (C=O) groups is 2. The van der Waals surface area contributed by atoms with Crippen LogP contribution in [0.15, 0.2) is 109 Å². The predicted octanol–water partition coefficient (Wildman–Crippen LogP) is 17.0. The fraction of sp³-hybridized carbons (Fsp3) is 0.667. The Morgan fingerprint density at radius 3 is 1.23 bits per heavy atom. The predicted molar refractivity (Wildman–Crippen MR) is 298 cm³/mol. The summed E-state index contributed by atoms with van der Waals surface area (Å²) in [5, 5.41) is 0. The Balaban J connectivity index is 4.25. The number of phosphoric ester groups is 1. The lowest BCUT2D eigenvalue weighted by Gasteiger charge is -2.24. The minimum Gasteiger partial charge on any atom is -0.462 e. The molecule has 2 unspecified atom stereocenters. The van der Waals surface area contributed by atoms with Gasteiger partial charge >= 0.3 is 19.8 Å². The van der Waals surface area contributed by atoms with Crippen LogP contribution in [0.25, 0.3) is 0 Å². The van der Waals surface area contributed by atoms with Crippen LogP contribution in [-0.4, -0.2) is 74.9 Å². The van der Waals surface area contributed by atoms with Gasteiger partial charge < -0.3 is 18.9 Å². The zero-order valence-electron chi connectivity index (χ0n) is 45.2. The lowest BCUT2D eigenvalue weighted by Crippen LogP contribution is -2.37. The first-order valence-electron chi connectivity index (χ1n) is 27.6. The first kappa shape index (κ1) is 66.7. The third kappa shape index (κ3) is 54.0. The minimum atomic E-state index is -4.40.